The molecule has 0 fully saturated rings. The topological polar surface area (TPSA) is 54.9 Å². The molecule has 0 unspecified atom stereocenters. The Hall–Kier alpha value is -1.48. The molecule has 1 N–H and O–H groups in total. The number of hydrogen-bond donors (Lipinski definition) is 1. The molecule has 2 aromatic rings. The number of anilines is 1. The molecule has 0 aliphatic rings. The Kier molecular flexibility index (Phi) is 5.29. The molecule has 114 valence electrons. The Bertz CT molecular complexity index is 601. The van der Waals surface area contributed by atoms with Crippen LogP contribution in [0, 0.1) is 0 Å². The highest BCUT2D eigenvalue weighted by Crippen LogP contribution is 2.21. The van der Waals surface area contributed by atoms with Gasteiger partial charge in [-0.25, -0.2) is 0 Å². The van der Waals surface area contributed by atoms with Crippen LogP contribution in [0.2, 0.25) is 0 Å². The smallest absolute Gasteiger partial charge is 0.351 e. The Morgan fingerprint density at radius 3 is 2.57 bits per heavy atom. The fourth-order valence-electron chi connectivity index (χ4n) is 1.49. The number of rotatable bonds is 6. The molecule has 1 aromatic heterocycles. The van der Waals surface area contributed by atoms with E-state index in [9.17, 15) is 17.4 Å². The molecule has 0 saturated carbocycles. The SMILES string of the molecule is O=[S@@](CCc1ccccc1)c1nnc(NCC(F)(F)F)s1. The van der Waals surface area contributed by atoms with Crippen molar-refractivity contribution < 1.29 is 17.4 Å². The summed E-state index contributed by atoms with van der Waals surface area (Å²) in [7, 11) is -1.36. The second-order valence-corrected chi connectivity index (χ2v) is 6.85. The zero-order valence-electron chi connectivity index (χ0n) is 10.8. The fraction of sp³-hybridized carbons (Fsp3) is 0.333. The van der Waals surface area contributed by atoms with Crippen LogP contribution in [0.5, 0.6) is 0 Å². The van der Waals surface area contributed by atoms with Crippen LogP contribution in [0.1, 0.15) is 5.56 Å². The monoisotopic (exact) mass is 335 g/mol. The van der Waals surface area contributed by atoms with E-state index in [2.05, 4.69) is 15.5 Å². The van der Waals surface area contributed by atoms with Gasteiger partial charge >= 0.3 is 6.18 Å². The lowest BCUT2D eigenvalue weighted by Gasteiger charge is -2.05. The molecule has 0 spiro atoms. The van der Waals surface area contributed by atoms with Gasteiger partial charge in [-0.3, -0.25) is 4.21 Å². The van der Waals surface area contributed by atoms with Crippen LogP contribution in [-0.2, 0) is 17.2 Å². The number of nitrogens with one attached hydrogen (secondary N) is 1. The molecule has 0 bridgehead atoms. The molecule has 21 heavy (non-hydrogen) atoms. The van der Waals surface area contributed by atoms with Crippen LogP contribution in [0.15, 0.2) is 34.7 Å². The van der Waals surface area contributed by atoms with Crippen molar-refractivity contribution >= 4 is 27.3 Å². The molecule has 0 saturated heterocycles. The summed E-state index contributed by atoms with van der Waals surface area (Å²) in [5, 5.41) is 9.37. The van der Waals surface area contributed by atoms with Gasteiger partial charge in [0.2, 0.25) is 9.47 Å². The van der Waals surface area contributed by atoms with Gasteiger partial charge in [-0.2, -0.15) is 13.2 Å². The first-order chi connectivity index (χ1) is 9.94. The minimum Gasteiger partial charge on any atom is -0.351 e. The van der Waals surface area contributed by atoms with E-state index in [1.54, 1.807) is 0 Å². The highest BCUT2D eigenvalue weighted by Gasteiger charge is 2.27. The van der Waals surface area contributed by atoms with Crippen molar-refractivity contribution in [1.29, 1.82) is 0 Å². The molecule has 0 radical (unpaired) electrons. The number of aryl methyl sites for hydroxylation is 1. The lowest BCUT2D eigenvalue weighted by Crippen LogP contribution is -2.21. The minimum atomic E-state index is -4.32. The van der Waals surface area contributed by atoms with Gasteiger partial charge in [0.25, 0.3) is 0 Å². The summed E-state index contributed by atoms with van der Waals surface area (Å²) in [5.74, 6) is 0.359. The highest BCUT2D eigenvalue weighted by atomic mass is 32.2. The van der Waals surface area contributed by atoms with Crippen molar-refractivity contribution in [1.82, 2.24) is 10.2 Å². The number of nitrogens with zero attached hydrogens (tertiary/aromatic N) is 2. The maximum Gasteiger partial charge on any atom is 0.405 e. The maximum atomic E-state index is 12.0. The van der Waals surface area contributed by atoms with Gasteiger partial charge in [0, 0.05) is 5.75 Å². The standard InChI is InChI=1S/C12H12F3N3OS2/c13-12(14,15)8-16-10-17-18-11(20-10)21(19)7-6-9-4-2-1-3-5-9/h1-5H,6-8H2,(H,16,17)/t21-/m0/s1. The second kappa shape index (κ2) is 6.99. The van der Waals surface area contributed by atoms with Crippen molar-refractivity contribution in [3.63, 3.8) is 0 Å². The zero-order valence-corrected chi connectivity index (χ0v) is 12.4. The van der Waals surface area contributed by atoms with Crippen LogP contribution in [-0.4, -0.2) is 32.9 Å². The van der Waals surface area contributed by atoms with Crippen molar-refractivity contribution in [3.05, 3.63) is 35.9 Å². The van der Waals surface area contributed by atoms with Crippen LogP contribution in [0.25, 0.3) is 0 Å². The summed E-state index contributed by atoms with van der Waals surface area (Å²) in [6.07, 6.45) is -3.71. The largest absolute Gasteiger partial charge is 0.405 e. The predicted molar refractivity (Wildman–Crippen MR) is 75.9 cm³/mol. The van der Waals surface area contributed by atoms with Crippen molar-refractivity contribution in [2.45, 2.75) is 16.9 Å². The van der Waals surface area contributed by atoms with Crippen LogP contribution in [0.4, 0.5) is 18.3 Å². The Balaban J connectivity index is 1.87. The van der Waals surface area contributed by atoms with Crippen LogP contribution >= 0.6 is 11.3 Å². The Morgan fingerprint density at radius 1 is 1.19 bits per heavy atom. The highest BCUT2D eigenvalue weighted by molar-refractivity contribution is 7.87. The van der Waals surface area contributed by atoms with Crippen molar-refractivity contribution in [2.24, 2.45) is 0 Å². The first kappa shape index (κ1) is 15.9. The first-order valence-electron chi connectivity index (χ1n) is 6.00. The lowest BCUT2D eigenvalue weighted by molar-refractivity contribution is -0.115. The maximum absolute atomic E-state index is 12.0. The molecule has 1 aromatic carbocycles. The Morgan fingerprint density at radius 2 is 1.90 bits per heavy atom. The van der Waals surface area contributed by atoms with E-state index in [4.69, 9.17) is 0 Å². The number of aromatic nitrogens is 2. The van der Waals surface area contributed by atoms with Crippen LogP contribution in [0.3, 0.4) is 0 Å². The van der Waals surface area contributed by atoms with E-state index in [0.717, 1.165) is 16.9 Å². The molecular weight excluding hydrogens is 323 g/mol. The molecule has 0 aliphatic heterocycles. The van der Waals surface area contributed by atoms with Gasteiger partial charge in [0.15, 0.2) is 0 Å². The average molecular weight is 335 g/mol. The molecule has 1 heterocycles. The fourth-order valence-corrected chi connectivity index (χ4v) is 3.55. The molecule has 0 amide bonds. The molecular formula is C12H12F3N3OS2. The first-order valence-corrected chi connectivity index (χ1v) is 8.14. The number of alkyl halides is 3. The number of benzene rings is 1. The molecule has 1 atom stereocenters. The van der Waals surface area contributed by atoms with Crippen molar-refractivity contribution in [2.75, 3.05) is 17.6 Å². The van der Waals surface area contributed by atoms with E-state index in [0.29, 0.717) is 12.2 Å². The predicted octanol–water partition coefficient (Wildman–Crippen LogP) is 2.86. The van der Waals surface area contributed by atoms with Gasteiger partial charge in [0.05, 0.1) is 10.8 Å². The zero-order chi connectivity index (χ0) is 15.3. The van der Waals surface area contributed by atoms with E-state index in [1.807, 2.05) is 30.3 Å². The van der Waals surface area contributed by atoms with E-state index in [1.165, 1.54) is 0 Å². The van der Waals surface area contributed by atoms with Crippen molar-refractivity contribution in [3.8, 4) is 0 Å². The summed E-state index contributed by atoms with van der Waals surface area (Å²) in [6.45, 7) is -1.18. The molecule has 9 heteroatoms. The van der Waals surface area contributed by atoms with E-state index in [-0.39, 0.29) is 9.47 Å². The van der Waals surface area contributed by atoms with Gasteiger partial charge in [-0.05, 0) is 12.0 Å². The van der Waals surface area contributed by atoms with E-state index >= 15 is 0 Å². The number of halogens is 3. The minimum absolute atomic E-state index is 0.0235. The quantitative estimate of drug-likeness (QED) is 0.882. The summed E-state index contributed by atoms with van der Waals surface area (Å²) < 4.78 is 48.4. The second-order valence-electron chi connectivity index (χ2n) is 4.13. The average Bonchev–Trinajstić information content (AvgIpc) is 2.92. The van der Waals surface area contributed by atoms with E-state index < -0.39 is 23.5 Å². The third-order valence-electron chi connectivity index (χ3n) is 2.46. The van der Waals surface area contributed by atoms with Gasteiger partial charge in [0.1, 0.15) is 6.54 Å². The summed E-state index contributed by atoms with van der Waals surface area (Å²) in [5.41, 5.74) is 1.05. The van der Waals surface area contributed by atoms with Gasteiger partial charge in [-0.15, -0.1) is 10.2 Å². The van der Waals surface area contributed by atoms with Gasteiger partial charge in [-0.1, -0.05) is 41.7 Å². The summed E-state index contributed by atoms with van der Waals surface area (Å²) >= 11 is 0.883. The van der Waals surface area contributed by atoms with Gasteiger partial charge < -0.3 is 5.32 Å². The molecule has 2 rings (SSSR count). The lowest BCUT2D eigenvalue weighted by atomic mass is 10.2. The Labute approximate surface area is 125 Å². The normalized spacial score (nSPS) is 13.1. The van der Waals surface area contributed by atoms with Crippen LogP contribution < -0.4 is 5.32 Å². The number of hydrogen-bond acceptors (Lipinski definition) is 5. The third-order valence-corrected chi connectivity index (χ3v) is 4.99. The third kappa shape index (κ3) is 5.43. The molecule has 4 nitrogen and oxygen atoms in total. The summed E-state index contributed by atoms with van der Waals surface area (Å²) in [4.78, 5) is 0. The molecule has 0 aliphatic carbocycles. The summed E-state index contributed by atoms with van der Waals surface area (Å²) in [6, 6.07) is 9.52.